The molecular weight excluding hydrogens is 248 g/mol. The van der Waals surface area contributed by atoms with Gasteiger partial charge in [0.15, 0.2) is 0 Å². The van der Waals surface area contributed by atoms with Crippen LogP contribution in [0.1, 0.15) is 24.1 Å². The summed E-state index contributed by atoms with van der Waals surface area (Å²) in [5.74, 6) is -0.225. The van der Waals surface area contributed by atoms with Gasteiger partial charge >= 0.3 is 0 Å². The molecule has 0 radical (unpaired) electrons. The zero-order chi connectivity index (χ0) is 13.8. The Labute approximate surface area is 110 Å². The van der Waals surface area contributed by atoms with Crippen molar-refractivity contribution in [2.75, 3.05) is 0 Å². The first-order chi connectivity index (χ1) is 9.08. The van der Waals surface area contributed by atoms with E-state index in [4.69, 9.17) is 10.5 Å². The van der Waals surface area contributed by atoms with Gasteiger partial charge in [-0.3, -0.25) is 0 Å². The van der Waals surface area contributed by atoms with Gasteiger partial charge in [0.2, 0.25) is 0 Å². The number of hydrogen-bond donors (Lipinski definition) is 1. The Morgan fingerprint density at radius 2 is 1.89 bits per heavy atom. The van der Waals surface area contributed by atoms with Crippen LogP contribution in [0.15, 0.2) is 42.5 Å². The van der Waals surface area contributed by atoms with E-state index in [1.54, 1.807) is 25.1 Å². The summed E-state index contributed by atoms with van der Waals surface area (Å²) < 4.78 is 32.1. The molecular formula is C15H15F2NO. The molecule has 0 saturated heterocycles. The molecule has 0 heterocycles. The molecule has 0 aliphatic heterocycles. The van der Waals surface area contributed by atoms with Crippen molar-refractivity contribution < 1.29 is 13.5 Å². The van der Waals surface area contributed by atoms with Crippen molar-refractivity contribution in [1.82, 2.24) is 0 Å². The molecule has 4 heteroatoms. The summed E-state index contributed by atoms with van der Waals surface area (Å²) in [6.07, 6.45) is 0. The number of hydrogen-bond acceptors (Lipinski definition) is 2. The minimum atomic E-state index is -0.370. The molecule has 0 aliphatic carbocycles. The number of benzene rings is 2. The number of rotatable bonds is 4. The smallest absolute Gasteiger partial charge is 0.129 e. The van der Waals surface area contributed by atoms with Crippen molar-refractivity contribution in [1.29, 1.82) is 0 Å². The van der Waals surface area contributed by atoms with E-state index < -0.39 is 0 Å². The zero-order valence-corrected chi connectivity index (χ0v) is 10.6. The zero-order valence-electron chi connectivity index (χ0n) is 10.6. The highest BCUT2D eigenvalue weighted by atomic mass is 19.1. The van der Waals surface area contributed by atoms with Gasteiger partial charge in [-0.15, -0.1) is 0 Å². The molecule has 100 valence electrons. The summed E-state index contributed by atoms with van der Waals surface area (Å²) in [6, 6.07) is 10.1. The topological polar surface area (TPSA) is 35.2 Å². The molecule has 0 amide bonds. The third kappa shape index (κ3) is 3.29. The van der Waals surface area contributed by atoms with Gasteiger partial charge in [0.1, 0.15) is 24.0 Å². The predicted octanol–water partition coefficient (Wildman–Crippen LogP) is 3.56. The third-order valence-corrected chi connectivity index (χ3v) is 2.80. The monoisotopic (exact) mass is 263 g/mol. The molecule has 0 saturated carbocycles. The highest BCUT2D eigenvalue weighted by molar-refractivity contribution is 5.36. The normalized spacial score (nSPS) is 12.2. The van der Waals surface area contributed by atoms with Crippen LogP contribution in [0.3, 0.4) is 0 Å². The largest absolute Gasteiger partial charge is 0.488 e. The predicted molar refractivity (Wildman–Crippen MR) is 69.7 cm³/mol. The molecule has 0 unspecified atom stereocenters. The molecule has 0 fully saturated rings. The molecule has 2 nitrogen and oxygen atoms in total. The maximum atomic E-state index is 13.5. The second kappa shape index (κ2) is 5.80. The van der Waals surface area contributed by atoms with Gasteiger partial charge in [-0.1, -0.05) is 18.2 Å². The van der Waals surface area contributed by atoms with Crippen LogP contribution in [-0.4, -0.2) is 0 Å². The Morgan fingerprint density at radius 1 is 1.16 bits per heavy atom. The van der Waals surface area contributed by atoms with Gasteiger partial charge in [-0.05, 0) is 31.2 Å². The minimum Gasteiger partial charge on any atom is -0.488 e. The van der Waals surface area contributed by atoms with Crippen LogP contribution in [0.25, 0.3) is 0 Å². The van der Waals surface area contributed by atoms with E-state index >= 15 is 0 Å². The van der Waals surface area contributed by atoms with E-state index in [-0.39, 0.29) is 24.3 Å². The summed E-state index contributed by atoms with van der Waals surface area (Å²) in [5, 5.41) is 0. The van der Waals surface area contributed by atoms with E-state index in [0.29, 0.717) is 16.9 Å². The second-order valence-electron chi connectivity index (χ2n) is 4.35. The van der Waals surface area contributed by atoms with Crippen molar-refractivity contribution in [2.24, 2.45) is 5.73 Å². The summed E-state index contributed by atoms with van der Waals surface area (Å²) in [4.78, 5) is 0. The van der Waals surface area contributed by atoms with Gasteiger partial charge in [0.25, 0.3) is 0 Å². The fourth-order valence-corrected chi connectivity index (χ4v) is 1.78. The lowest BCUT2D eigenvalue weighted by Crippen LogP contribution is -2.09. The molecule has 1 atom stereocenters. The first-order valence-electron chi connectivity index (χ1n) is 5.99. The molecule has 2 aromatic carbocycles. The highest BCUT2D eigenvalue weighted by Crippen LogP contribution is 2.25. The van der Waals surface area contributed by atoms with Crippen LogP contribution < -0.4 is 10.5 Å². The van der Waals surface area contributed by atoms with E-state index in [9.17, 15) is 8.78 Å². The van der Waals surface area contributed by atoms with Gasteiger partial charge in [0.05, 0.1) is 0 Å². The molecule has 0 spiro atoms. The molecule has 0 aliphatic rings. The first kappa shape index (κ1) is 13.5. The highest BCUT2D eigenvalue weighted by Gasteiger charge is 2.10. The Bertz CT molecular complexity index is 570. The lowest BCUT2D eigenvalue weighted by atomic mass is 10.1. The standard InChI is InChI=1S/C15H15F2NO/c1-10(18)13-8-12(16)6-7-15(13)19-9-11-4-2-3-5-14(11)17/h2-8,10H,9,18H2,1H3/t10-/m1/s1. The Balaban J connectivity index is 2.18. The lowest BCUT2D eigenvalue weighted by molar-refractivity contribution is 0.295. The number of halogens is 2. The fraction of sp³-hybridized carbons (Fsp3) is 0.200. The summed E-state index contributed by atoms with van der Waals surface area (Å²) in [6.45, 7) is 1.82. The Morgan fingerprint density at radius 3 is 2.58 bits per heavy atom. The van der Waals surface area contributed by atoms with Crippen molar-refractivity contribution in [3.05, 3.63) is 65.2 Å². The third-order valence-electron chi connectivity index (χ3n) is 2.80. The average molecular weight is 263 g/mol. The molecule has 2 rings (SSSR count). The number of nitrogens with two attached hydrogens (primary N) is 1. The summed E-state index contributed by atoms with van der Waals surface area (Å²) in [5.41, 5.74) is 6.77. The lowest BCUT2D eigenvalue weighted by Gasteiger charge is -2.14. The van der Waals surface area contributed by atoms with E-state index in [1.807, 2.05) is 0 Å². The van der Waals surface area contributed by atoms with Gasteiger partial charge in [-0.25, -0.2) is 8.78 Å². The van der Waals surface area contributed by atoms with E-state index in [0.717, 1.165) is 0 Å². The van der Waals surface area contributed by atoms with Crippen LogP contribution in [-0.2, 0) is 6.61 Å². The van der Waals surface area contributed by atoms with Crippen LogP contribution in [0, 0.1) is 11.6 Å². The summed E-state index contributed by atoms with van der Waals surface area (Å²) >= 11 is 0. The molecule has 2 aromatic rings. The van der Waals surface area contributed by atoms with Crippen LogP contribution in [0.2, 0.25) is 0 Å². The van der Waals surface area contributed by atoms with Crippen LogP contribution >= 0.6 is 0 Å². The SMILES string of the molecule is C[C@@H](N)c1cc(F)ccc1OCc1ccccc1F. The maximum absolute atomic E-state index is 13.5. The van der Waals surface area contributed by atoms with E-state index in [2.05, 4.69) is 0 Å². The molecule has 19 heavy (non-hydrogen) atoms. The first-order valence-corrected chi connectivity index (χ1v) is 5.99. The second-order valence-corrected chi connectivity index (χ2v) is 4.35. The van der Waals surface area contributed by atoms with Crippen molar-refractivity contribution in [2.45, 2.75) is 19.6 Å². The molecule has 0 bridgehead atoms. The Hall–Kier alpha value is -1.94. The fourth-order valence-electron chi connectivity index (χ4n) is 1.78. The van der Waals surface area contributed by atoms with E-state index in [1.165, 1.54) is 24.3 Å². The minimum absolute atomic E-state index is 0.0814. The number of ether oxygens (including phenoxy) is 1. The van der Waals surface area contributed by atoms with Crippen molar-refractivity contribution >= 4 is 0 Å². The Kier molecular flexibility index (Phi) is 4.12. The van der Waals surface area contributed by atoms with Gasteiger partial charge in [0, 0.05) is 17.2 Å². The van der Waals surface area contributed by atoms with Gasteiger partial charge in [-0.2, -0.15) is 0 Å². The molecule has 0 aromatic heterocycles. The summed E-state index contributed by atoms with van der Waals surface area (Å²) in [7, 11) is 0. The average Bonchev–Trinajstić information content (AvgIpc) is 2.38. The van der Waals surface area contributed by atoms with Crippen LogP contribution in [0.5, 0.6) is 5.75 Å². The quantitative estimate of drug-likeness (QED) is 0.915. The van der Waals surface area contributed by atoms with Crippen LogP contribution in [0.4, 0.5) is 8.78 Å². The van der Waals surface area contributed by atoms with Gasteiger partial charge < -0.3 is 10.5 Å². The van der Waals surface area contributed by atoms with Crippen molar-refractivity contribution in [3.63, 3.8) is 0 Å². The maximum Gasteiger partial charge on any atom is 0.129 e. The van der Waals surface area contributed by atoms with Crippen molar-refractivity contribution in [3.8, 4) is 5.75 Å². The molecule has 2 N–H and O–H groups in total.